The van der Waals surface area contributed by atoms with E-state index in [2.05, 4.69) is 4.90 Å². The zero-order valence-corrected chi connectivity index (χ0v) is 20.4. The second-order valence-corrected chi connectivity index (χ2v) is 9.39. The monoisotopic (exact) mass is 513 g/mol. The van der Waals surface area contributed by atoms with Gasteiger partial charge in [0.25, 0.3) is 0 Å². The maximum Gasteiger partial charge on any atom is 0.303 e. The number of carboxylic acids is 1. The van der Waals surface area contributed by atoms with E-state index in [0.717, 1.165) is 37.1 Å². The zero-order valence-electron chi connectivity index (χ0n) is 19.7. The standard InChI is InChI=1S/C26H31ClF3NO4/c1-2-25(20-13-24(30)23(29)12-17(20)6-8-26(33)34)35-15-19(32)14-31-9-3-4-18(31)10-16-5-7-21(27)22(28)11-16/h5,7,11-13,18-19,25,32H,2-4,6,8-10,14-15H2,1H3,(H,33,34)/t18-,19-,25+/m0/s1. The summed E-state index contributed by atoms with van der Waals surface area (Å²) in [7, 11) is 0. The highest BCUT2D eigenvalue weighted by Gasteiger charge is 2.27. The lowest BCUT2D eigenvalue weighted by Gasteiger charge is -2.28. The number of β-amino-alcohol motifs (C(OH)–C–C–N with tert-alkyl or cyclic N) is 1. The van der Waals surface area contributed by atoms with Crippen LogP contribution in [0.1, 0.15) is 55.4 Å². The highest BCUT2D eigenvalue weighted by atomic mass is 35.5. The number of aryl methyl sites for hydroxylation is 1. The average molecular weight is 514 g/mol. The zero-order chi connectivity index (χ0) is 25.5. The molecule has 5 nitrogen and oxygen atoms in total. The summed E-state index contributed by atoms with van der Waals surface area (Å²) in [6.07, 6.45) is 1.36. The van der Waals surface area contributed by atoms with E-state index in [9.17, 15) is 23.1 Å². The van der Waals surface area contributed by atoms with E-state index in [0.29, 0.717) is 30.5 Å². The normalized spacial score (nSPS) is 18.1. The molecule has 0 unspecified atom stereocenters. The molecule has 2 aromatic carbocycles. The van der Waals surface area contributed by atoms with Gasteiger partial charge in [0.05, 0.1) is 23.8 Å². The molecule has 2 aromatic rings. The smallest absolute Gasteiger partial charge is 0.303 e. The molecule has 0 bridgehead atoms. The number of aliphatic hydroxyl groups is 1. The number of hydrogen-bond donors (Lipinski definition) is 2. The molecule has 0 radical (unpaired) electrons. The van der Waals surface area contributed by atoms with Gasteiger partial charge in [-0.2, -0.15) is 0 Å². The number of aliphatic carboxylic acids is 1. The molecule has 1 saturated heterocycles. The Morgan fingerprint density at radius 3 is 2.63 bits per heavy atom. The Balaban J connectivity index is 1.60. The first kappa shape index (κ1) is 27.5. The van der Waals surface area contributed by atoms with Crippen LogP contribution in [0, 0.1) is 17.5 Å². The molecule has 0 amide bonds. The summed E-state index contributed by atoms with van der Waals surface area (Å²) >= 11 is 5.77. The number of hydrogen-bond acceptors (Lipinski definition) is 4. The van der Waals surface area contributed by atoms with E-state index in [1.807, 2.05) is 6.92 Å². The van der Waals surface area contributed by atoms with Gasteiger partial charge in [0.2, 0.25) is 0 Å². The van der Waals surface area contributed by atoms with Crippen molar-refractivity contribution in [3.8, 4) is 0 Å². The molecule has 1 fully saturated rings. The number of likely N-dealkylation sites (tertiary alicyclic amines) is 1. The van der Waals surface area contributed by atoms with Crippen LogP contribution in [0.15, 0.2) is 30.3 Å². The Morgan fingerprint density at radius 1 is 1.20 bits per heavy atom. The van der Waals surface area contributed by atoms with Crippen LogP contribution in [0.3, 0.4) is 0 Å². The summed E-state index contributed by atoms with van der Waals surface area (Å²) in [5.41, 5.74) is 1.61. The van der Waals surface area contributed by atoms with Crippen molar-refractivity contribution >= 4 is 17.6 Å². The molecule has 1 heterocycles. The van der Waals surface area contributed by atoms with Crippen LogP contribution in [0.4, 0.5) is 13.2 Å². The predicted octanol–water partition coefficient (Wildman–Crippen LogP) is 5.31. The van der Waals surface area contributed by atoms with Crippen molar-refractivity contribution in [2.45, 2.75) is 63.7 Å². The SMILES string of the molecule is CC[C@@H](OC[C@@H](O)CN1CCC[C@H]1Cc1ccc(Cl)c(F)c1)c1cc(F)c(F)cc1CCC(=O)O. The maximum atomic E-state index is 14.0. The van der Waals surface area contributed by atoms with Gasteiger partial charge in [-0.1, -0.05) is 24.6 Å². The predicted molar refractivity (Wildman–Crippen MR) is 127 cm³/mol. The Labute approximate surface area is 208 Å². The molecular formula is C26H31ClF3NO4. The lowest BCUT2D eigenvalue weighted by Crippen LogP contribution is -2.39. The van der Waals surface area contributed by atoms with Crippen molar-refractivity contribution in [1.82, 2.24) is 4.90 Å². The molecule has 1 aliphatic heterocycles. The molecule has 0 aromatic heterocycles. The van der Waals surface area contributed by atoms with Crippen LogP contribution in [-0.4, -0.2) is 52.9 Å². The first-order valence-electron chi connectivity index (χ1n) is 11.8. The van der Waals surface area contributed by atoms with Crippen LogP contribution >= 0.6 is 11.6 Å². The second kappa shape index (κ2) is 12.7. The van der Waals surface area contributed by atoms with Gasteiger partial charge in [-0.3, -0.25) is 9.69 Å². The van der Waals surface area contributed by atoms with Crippen LogP contribution in [-0.2, 0) is 22.4 Å². The quantitative estimate of drug-likeness (QED) is 0.402. The first-order valence-corrected chi connectivity index (χ1v) is 12.2. The molecule has 3 atom stereocenters. The van der Waals surface area contributed by atoms with E-state index in [1.165, 1.54) is 6.07 Å². The van der Waals surface area contributed by atoms with Gasteiger partial charge in [-0.15, -0.1) is 0 Å². The largest absolute Gasteiger partial charge is 0.481 e. The molecule has 192 valence electrons. The third kappa shape index (κ3) is 7.67. The maximum absolute atomic E-state index is 14.0. The molecule has 1 aliphatic rings. The average Bonchev–Trinajstić information content (AvgIpc) is 3.23. The molecule has 3 rings (SSSR count). The van der Waals surface area contributed by atoms with E-state index in [4.69, 9.17) is 21.4 Å². The minimum absolute atomic E-state index is 0.0192. The van der Waals surface area contributed by atoms with Crippen LogP contribution in [0.5, 0.6) is 0 Å². The number of nitrogens with zero attached hydrogens (tertiary/aromatic N) is 1. The van der Waals surface area contributed by atoms with Crippen molar-refractivity contribution < 1.29 is 32.9 Å². The number of rotatable bonds is 12. The van der Waals surface area contributed by atoms with E-state index in [-0.39, 0.29) is 30.5 Å². The molecule has 35 heavy (non-hydrogen) atoms. The van der Waals surface area contributed by atoms with Gasteiger partial charge < -0.3 is 14.9 Å². The summed E-state index contributed by atoms with van der Waals surface area (Å²) in [6, 6.07) is 7.01. The molecule has 2 N–H and O–H groups in total. The molecular weight excluding hydrogens is 483 g/mol. The van der Waals surface area contributed by atoms with Gasteiger partial charge in [0.15, 0.2) is 11.6 Å². The Hall–Kier alpha value is -2.13. The first-order chi connectivity index (χ1) is 16.7. The second-order valence-electron chi connectivity index (χ2n) is 8.99. The number of carboxylic acid groups (broad SMARTS) is 1. The lowest BCUT2D eigenvalue weighted by molar-refractivity contribution is -0.136. The lowest BCUT2D eigenvalue weighted by atomic mass is 9.96. The van der Waals surface area contributed by atoms with E-state index < -0.39 is 35.6 Å². The van der Waals surface area contributed by atoms with Crippen molar-refractivity contribution in [3.63, 3.8) is 0 Å². The number of aliphatic hydroxyl groups excluding tert-OH is 1. The highest BCUT2D eigenvalue weighted by Crippen LogP contribution is 2.29. The summed E-state index contributed by atoms with van der Waals surface area (Å²) in [5, 5.41) is 19.7. The molecule has 0 aliphatic carbocycles. The Morgan fingerprint density at radius 2 is 1.94 bits per heavy atom. The third-order valence-corrected chi connectivity index (χ3v) is 6.70. The van der Waals surface area contributed by atoms with Crippen molar-refractivity contribution in [3.05, 3.63) is 69.5 Å². The van der Waals surface area contributed by atoms with Gasteiger partial charge >= 0.3 is 5.97 Å². The topological polar surface area (TPSA) is 70.0 Å². The summed E-state index contributed by atoms with van der Waals surface area (Å²) < 4.78 is 47.4. The summed E-state index contributed by atoms with van der Waals surface area (Å²) in [6.45, 7) is 2.97. The Kier molecular flexibility index (Phi) is 9.98. The van der Waals surface area contributed by atoms with Crippen molar-refractivity contribution in [1.29, 1.82) is 0 Å². The van der Waals surface area contributed by atoms with Gasteiger partial charge in [0, 0.05) is 19.0 Å². The van der Waals surface area contributed by atoms with Gasteiger partial charge in [-0.25, -0.2) is 13.2 Å². The fourth-order valence-corrected chi connectivity index (χ4v) is 4.76. The van der Waals surface area contributed by atoms with Crippen LogP contribution < -0.4 is 0 Å². The number of benzene rings is 2. The van der Waals surface area contributed by atoms with E-state index in [1.54, 1.807) is 12.1 Å². The minimum Gasteiger partial charge on any atom is -0.481 e. The van der Waals surface area contributed by atoms with Crippen LogP contribution in [0.2, 0.25) is 5.02 Å². The molecule has 0 spiro atoms. The third-order valence-electron chi connectivity index (χ3n) is 6.40. The van der Waals surface area contributed by atoms with Crippen LogP contribution in [0.25, 0.3) is 0 Å². The molecule has 9 heteroatoms. The van der Waals surface area contributed by atoms with Crippen molar-refractivity contribution in [2.24, 2.45) is 0 Å². The summed E-state index contributed by atoms with van der Waals surface area (Å²) in [5.74, 6) is -3.55. The van der Waals surface area contributed by atoms with Crippen molar-refractivity contribution in [2.75, 3.05) is 19.7 Å². The van der Waals surface area contributed by atoms with Gasteiger partial charge in [-0.05, 0) is 79.6 Å². The van der Waals surface area contributed by atoms with Gasteiger partial charge in [0.1, 0.15) is 5.82 Å². The number of carbonyl (C=O) groups is 1. The number of halogens is 4. The highest BCUT2D eigenvalue weighted by molar-refractivity contribution is 6.30. The fourth-order valence-electron chi connectivity index (χ4n) is 4.64. The minimum atomic E-state index is -1.04. The number of ether oxygens (including phenoxy) is 1. The molecule has 0 saturated carbocycles. The Bertz CT molecular complexity index is 1020. The fraction of sp³-hybridized carbons (Fsp3) is 0.500. The van der Waals surface area contributed by atoms with E-state index >= 15 is 0 Å². The summed E-state index contributed by atoms with van der Waals surface area (Å²) in [4.78, 5) is 13.1.